The molecule has 0 radical (unpaired) electrons. The van der Waals surface area contributed by atoms with E-state index in [1.54, 1.807) is 41.3 Å². The van der Waals surface area contributed by atoms with Crippen LogP contribution in [0, 0.1) is 11.8 Å². The van der Waals surface area contributed by atoms with Gasteiger partial charge in [-0.1, -0.05) is 26.2 Å². The summed E-state index contributed by atoms with van der Waals surface area (Å²) in [5.41, 5.74) is 1.31. The number of carbonyl (C=O) groups is 2. The second-order valence-corrected chi connectivity index (χ2v) is 13.9. The number of nitrogens with zero attached hydrogens (tertiary/aromatic N) is 2. The summed E-state index contributed by atoms with van der Waals surface area (Å²) < 4.78 is 23.7. The quantitative estimate of drug-likeness (QED) is 0.297. The Labute approximate surface area is 285 Å². The van der Waals surface area contributed by atoms with Crippen LogP contribution in [-0.2, 0) is 4.74 Å². The van der Waals surface area contributed by atoms with Crippen molar-refractivity contribution in [3.63, 3.8) is 0 Å². The normalized spacial score (nSPS) is 23.2. The van der Waals surface area contributed by atoms with Gasteiger partial charge in [-0.05, 0) is 89.2 Å². The lowest BCUT2D eigenvalue weighted by Crippen LogP contribution is -2.47. The average molecular weight is 667 g/mol. The number of amides is 3. The maximum Gasteiger partial charge on any atom is 0.323 e. The van der Waals surface area contributed by atoms with E-state index in [-0.39, 0.29) is 37.4 Å². The summed E-state index contributed by atoms with van der Waals surface area (Å²) in [6, 6.07) is 9.39. The molecule has 3 aliphatic rings. The van der Waals surface area contributed by atoms with Crippen molar-refractivity contribution in [3.8, 4) is 17.2 Å². The average Bonchev–Trinajstić information content (AvgIpc) is 3.54. The molecular formula is C37H54N4O7. The van der Waals surface area contributed by atoms with Crippen molar-refractivity contribution in [3.05, 3.63) is 42.0 Å². The molecule has 48 heavy (non-hydrogen) atoms. The molecular weight excluding hydrogens is 612 g/mol. The highest BCUT2D eigenvalue weighted by Gasteiger charge is 2.31. The number of carbonyl (C=O) groups excluding carboxylic acids is 2. The molecule has 1 saturated carbocycles. The minimum Gasteiger partial charge on any atom is -0.490 e. The standard InChI is InChI=1S/C37H54N4O7/c1-25-20-41(26(2)23-42)36(43)31-18-29(38-37(44)39-30-14-16-33-34(19-30)47-24-46-33)13-15-32(31)48-27(3)10-8-9-17-45-35(25)22-40(4)21-28-11-6-5-7-12-28/h13-16,18-19,25-28,35,42H,5-12,17,20-24H2,1-4H3,(H2,38,39,44)/t25-,26-,27-,35-/m0/s1. The Morgan fingerprint density at radius 2 is 1.62 bits per heavy atom. The number of rotatable bonds is 8. The van der Waals surface area contributed by atoms with E-state index in [4.69, 9.17) is 18.9 Å². The van der Waals surface area contributed by atoms with Crippen LogP contribution in [0.3, 0.4) is 0 Å². The molecule has 0 spiro atoms. The van der Waals surface area contributed by atoms with Gasteiger partial charge in [0.1, 0.15) is 5.75 Å². The largest absolute Gasteiger partial charge is 0.490 e. The van der Waals surface area contributed by atoms with Crippen molar-refractivity contribution in [2.45, 2.75) is 90.4 Å². The van der Waals surface area contributed by atoms with E-state index >= 15 is 0 Å². The number of nitrogens with one attached hydrogen (secondary N) is 2. The minimum absolute atomic E-state index is 0.0109. The van der Waals surface area contributed by atoms with Gasteiger partial charge in [-0.2, -0.15) is 0 Å². The van der Waals surface area contributed by atoms with E-state index in [1.165, 1.54) is 32.1 Å². The summed E-state index contributed by atoms with van der Waals surface area (Å²) in [6.07, 6.45) is 9.03. The highest BCUT2D eigenvalue weighted by atomic mass is 16.7. The van der Waals surface area contributed by atoms with Crippen LogP contribution in [0.15, 0.2) is 36.4 Å². The molecule has 0 saturated heterocycles. The molecule has 0 unspecified atom stereocenters. The van der Waals surface area contributed by atoms with E-state index in [9.17, 15) is 14.7 Å². The lowest BCUT2D eigenvalue weighted by atomic mass is 9.89. The van der Waals surface area contributed by atoms with Crippen molar-refractivity contribution in [1.82, 2.24) is 9.80 Å². The fourth-order valence-corrected chi connectivity index (χ4v) is 6.92. The van der Waals surface area contributed by atoms with Gasteiger partial charge in [0.15, 0.2) is 11.5 Å². The van der Waals surface area contributed by atoms with Gasteiger partial charge >= 0.3 is 6.03 Å². The highest BCUT2D eigenvalue weighted by molar-refractivity contribution is 6.02. The first kappa shape index (κ1) is 35.8. The highest BCUT2D eigenvalue weighted by Crippen LogP contribution is 2.34. The van der Waals surface area contributed by atoms with Gasteiger partial charge in [0.25, 0.3) is 5.91 Å². The van der Waals surface area contributed by atoms with E-state index in [1.807, 2.05) is 13.8 Å². The Morgan fingerprint density at radius 3 is 2.38 bits per heavy atom. The Morgan fingerprint density at radius 1 is 0.938 bits per heavy atom. The van der Waals surface area contributed by atoms with E-state index in [0.717, 1.165) is 38.3 Å². The Hall–Kier alpha value is -3.54. The Bertz CT molecular complexity index is 1370. The van der Waals surface area contributed by atoms with Gasteiger partial charge in [0.05, 0.1) is 30.4 Å². The van der Waals surface area contributed by atoms with Gasteiger partial charge < -0.3 is 44.5 Å². The third kappa shape index (κ3) is 9.76. The molecule has 1 fully saturated rings. The van der Waals surface area contributed by atoms with E-state index < -0.39 is 12.1 Å². The predicted octanol–water partition coefficient (Wildman–Crippen LogP) is 6.37. The molecule has 2 heterocycles. The van der Waals surface area contributed by atoms with Crippen LogP contribution < -0.4 is 24.8 Å². The fraction of sp³-hybridized carbons (Fsp3) is 0.622. The predicted molar refractivity (Wildman–Crippen MR) is 186 cm³/mol. The molecule has 0 aromatic heterocycles. The minimum atomic E-state index is -0.469. The number of hydrogen-bond acceptors (Lipinski definition) is 8. The van der Waals surface area contributed by atoms with Gasteiger partial charge in [-0.3, -0.25) is 4.79 Å². The van der Waals surface area contributed by atoms with Crippen LogP contribution in [0.5, 0.6) is 17.2 Å². The molecule has 11 nitrogen and oxygen atoms in total. The topological polar surface area (TPSA) is 122 Å². The number of anilines is 2. The van der Waals surface area contributed by atoms with Gasteiger partial charge in [-0.25, -0.2) is 4.79 Å². The number of fused-ring (bicyclic) bond motifs is 2. The first-order valence-corrected chi connectivity index (χ1v) is 17.7. The Kier molecular flexibility index (Phi) is 12.8. The molecule has 2 aliphatic heterocycles. The molecule has 3 amide bonds. The summed E-state index contributed by atoms with van der Waals surface area (Å²) in [5.74, 6) is 2.11. The van der Waals surface area contributed by atoms with Gasteiger partial charge in [0, 0.05) is 49.6 Å². The maximum atomic E-state index is 14.4. The van der Waals surface area contributed by atoms with Crippen molar-refractivity contribution in [2.75, 3.05) is 57.3 Å². The number of ether oxygens (including phenoxy) is 4. The smallest absolute Gasteiger partial charge is 0.323 e. The van der Waals surface area contributed by atoms with E-state index in [0.29, 0.717) is 47.3 Å². The molecule has 11 heteroatoms. The number of hydrogen-bond donors (Lipinski definition) is 3. The van der Waals surface area contributed by atoms with Gasteiger partial charge in [0.2, 0.25) is 6.79 Å². The number of urea groups is 1. The molecule has 4 atom stereocenters. The first-order valence-electron chi connectivity index (χ1n) is 17.7. The fourth-order valence-electron chi connectivity index (χ4n) is 6.92. The molecule has 5 rings (SSSR count). The zero-order valence-electron chi connectivity index (χ0n) is 29.0. The van der Waals surface area contributed by atoms with Crippen LogP contribution in [0.25, 0.3) is 0 Å². The summed E-state index contributed by atoms with van der Waals surface area (Å²) >= 11 is 0. The lowest BCUT2D eigenvalue weighted by molar-refractivity contribution is -0.0190. The van der Waals surface area contributed by atoms with Crippen molar-refractivity contribution < 1.29 is 33.6 Å². The third-order valence-corrected chi connectivity index (χ3v) is 9.73. The van der Waals surface area contributed by atoms with Crippen LogP contribution in [0.4, 0.5) is 16.2 Å². The number of aliphatic hydroxyl groups is 1. The monoisotopic (exact) mass is 666 g/mol. The lowest BCUT2D eigenvalue weighted by Gasteiger charge is -2.36. The molecule has 264 valence electrons. The number of likely N-dealkylation sites (N-methyl/N-ethyl adjacent to an activating group) is 1. The second-order valence-electron chi connectivity index (χ2n) is 13.9. The molecule has 1 aliphatic carbocycles. The van der Waals surface area contributed by atoms with Crippen molar-refractivity contribution >= 4 is 23.3 Å². The zero-order valence-corrected chi connectivity index (χ0v) is 29.0. The van der Waals surface area contributed by atoms with Crippen molar-refractivity contribution in [2.24, 2.45) is 11.8 Å². The number of aliphatic hydroxyl groups excluding tert-OH is 1. The molecule has 0 bridgehead atoms. The van der Waals surface area contributed by atoms with Crippen LogP contribution >= 0.6 is 0 Å². The van der Waals surface area contributed by atoms with Gasteiger partial charge in [-0.15, -0.1) is 0 Å². The SMILES string of the molecule is C[C@H]1CCCCO[C@@H](CN(C)CC2CCCCC2)[C@@H](C)CN([C@@H](C)CO)C(=O)c2cc(NC(=O)Nc3ccc4c(c3)OCO4)ccc2O1. The summed E-state index contributed by atoms with van der Waals surface area (Å²) in [4.78, 5) is 31.5. The summed E-state index contributed by atoms with van der Waals surface area (Å²) in [6.45, 7) is 8.85. The first-order chi connectivity index (χ1) is 23.2. The number of benzene rings is 2. The van der Waals surface area contributed by atoms with E-state index in [2.05, 4.69) is 29.5 Å². The molecule has 3 N–H and O–H groups in total. The van der Waals surface area contributed by atoms with Crippen LogP contribution in [-0.4, -0.2) is 91.8 Å². The Balaban J connectivity index is 1.35. The van der Waals surface area contributed by atoms with Crippen LogP contribution in [0.1, 0.15) is 82.5 Å². The zero-order chi connectivity index (χ0) is 34.0. The molecule has 2 aromatic carbocycles. The third-order valence-electron chi connectivity index (χ3n) is 9.73. The maximum absolute atomic E-state index is 14.4. The second kappa shape index (κ2) is 17.2. The molecule has 2 aromatic rings. The van der Waals surface area contributed by atoms with Crippen LogP contribution in [0.2, 0.25) is 0 Å². The summed E-state index contributed by atoms with van der Waals surface area (Å²) in [5, 5.41) is 15.9. The summed E-state index contributed by atoms with van der Waals surface area (Å²) in [7, 11) is 2.18. The van der Waals surface area contributed by atoms with Crippen molar-refractivity contribution in [1.29, 1.82) is 0 Å².